The molecule has 1 aromatic carbocycles. The average Bonchev–Trinajstić information content (AvgIpc) is 3.28. The molecule has 5 nitrogen and oxygen atoms in total. The van der Waals surface area contributed by atoms with Crippen LogP contribution in [0.5, 0.6) is 0 Å². The number of nitrogens with zero attached hydrogens (tertiary/aromatic N) is 3. The number of hydrogen-bond donors (Lipinski definition) is 0. The Morgan fingerprint density at radius 3 is 2.56 bits per heavy atom. The van der Waals surface area contributed by atoms with E-state index in [1.165, 1.54) is 17.3 Å². The van der Waals surface area contributed by atoms with Gasteiger partial charge in [0, 0.05) is 12.1 Å². The lowest BCUT2D eigenvalue weighted by molar-refractivity contribution is 0.102. The van der Waals surface area contributed by atoms with Gasteiger partial charge >= 0.3 is 0 Å². The van der Waals surface area contributed by atoms with Gasteiger partial charge in [-0.1, -0.05) is 49.9 Å². The fraction of sp³-hybridized carbons (Fsp3) is 0.316. The van der Waals surface area contributed by atoms with Crippen molar-refractivity contribution in [1.29, 1.82) is 0 Å². The number of ketones is 1. The zero-order valence-corrected chi connectivity index (χ0v) is 15.4. The van der Waals surface area contributed by atoms with E-state index in [1.807, 2.05) is 47.9 Å². The Kier molecular flexibility index (Phi) is 5.38. The first-order chi connectivity index (χ1) is 12.1. The zero-order chi connectivity index (χ0) is 17.8. The molecule has 0 saturated carbocycles. The summed E-state index contributed by atoms with van der Waals surface area (Å²) in [5.41, 5.74) is 1.96. The summed E-state index contributed by atoms with van der Waals surface area (Å²) < 4.78 is 7.36. The molecule has 0 unspecified atom stereocenters. The van der Waals surface area contributed by atoms with Crippen LogP contribution >= 0.6 is 11.8 Å². The van der Waals surface area contributed by atoms with Crippen molar-refractivity contribution in [3.63, 3.8) is 0 Å². The predicted octanol–water partition coefficient (Wildman–Crippen LogP) is 4.66. The van der Waals surface area contributed by atoms with Crippen molar-refractivity contribution in [3.8, 4) is 11.6 Å². The molecular formula is C19H21N3O2S. The van der Waals surface area contributed by atoms with Crippen molar-refractivity contribution in [2.24, 2.45) is 0 Å². The van der Waals surface area contributed by atoms with Gasteiger partial charge in [-0.25, -0.2) is 0 Å². The Labute approximate surface area is 151 Å². The molecule has 0 fully saturated rings. The maximum absolute atomic E-state index is 12.4. The van der Waals surface area contributed by atoms with Crippen LogP contribution in [0.3, 0.4) is 0 Å². The summed E-state index contributed by atoms with van der Waals surface area (Å²) >= 11 is 1.40. The highest BCUT2D eigenvalue weighted by molar-refractivity contribution is 7.99. The van der Waals surface area contributed by atoms with Crippen LogP contribution in [0.4, 0.5) is 0 Å². The molecule has 3 aromatic rings. The van der Waals surface area contributed by atoms with Crippen molar-refractivity contribution < 1.29 is 9.21 Å². The molecule has 0 aliphatic heterocycles. The third-order valence-electron chi connectivity index (χ3n) is 4.01. The second-order valence-corrected chi connectivity index (χ2v) is 6.96. The lowest BCUT2D eigenvalue weighted by Gasteiger charge is -2.07. The molecule has 0 N–H and O–H groups in total. The summed E-state index contributed by atoms with van der Waals surface area (Å²) in [7, 11) is 0. The number of aromatic nitrogens is 3. The van der Waals surface area contributed by atoms with Gasteiger partial charge < -0.3 is 4.42 Å². The van der Waals surface area contributed by atoms with Gasteiger partial charge in [0.25, 0.3) is 0 Å². The maximum Gasteiger partial charge on any atom is 0.200 e. The zero-order valence-electron chi connectivity index (χ0n) is 14.6. The van der Waals surface area contributed by atoms with Crippen molar-refractivity contribution in [2.45, 2.75) is 38.4 Å². The highest BCUT2D eigenvalue weighted by atomic mass is 32.2. The van der Waals surface area contributed by atoms with Crippen LogP contribution in [-0.2, 0) is 6.54 Å². The van der Waals surface area contributed by atoms with Crippen molar-refractivity contribution in [3.05, 3.63) is 53.8 Å². The van der Waals surface area contributed by atoms with Gasteiger partial charge in [0.2, 0.25) is 0 Å². The summed E-state index contributed by atoms with van der Waals surface area (Å²) in [6.45, 7) is 7.01. The first-order valence-electron chi connectivity index (χ1n) is 8.33. The summed E-state index contributed by atoms with van der Waals surface area (Å²) in [6.07, 6.45) is 1.61. The Balaban J connectivity index is 1.70. The second-order valence-electron chi connectivity index (χ2n) is 6.02. The number of Topliss-reactive ketones (excluding diaryl/α,β-unsaturated/α-hetero) is 1. The van der Waals surface area contributed by atoms with Gasteiger partial charge in [-0.15, -0.1) is 10.2 Å². The highest BCUT2D eigenvalue weighted by Gasteiger charge is 2.16. The third-order valence-corrected chi connectivity index (χ3v) is 4.97. The van der Waals surface area contributed by atoms with Crippen LogP contribution in [0.15, 0.2) is 52.2 Å². The molecule has 6 heteroatoms. The summed E-state index contributed by atoms with van der Waals surface area (Å²) in [6, 6.07) is 11.5. The first kappa shape index (κ1) is 17.5. The minimum absolute atomic E-state index is 0.0884. The van der Waals surface area contributed by atoms with Crippen molar-refractivity contribution in [1.82, 2.24) is 14.8 Å². The minimum Gasteiger partial charge on any atom is -0.461 e. The van der Waals surface area contributed by atoms with Gasteiger partial charge in [0.05, 0.1) is 12.0 Å². The Morgan fingerprint density at radius 2 is 1.96 bits per heavy atom. The van der Waals surface area contributed by atoms with Crippen LogP contribution in [0.1, 0.15) is 42.6 Å². The predicted molar refractivity (Wildman–Crippen MR) is 99.0 cm³/mol. The topological polar surface area (TPSA) is 60.9 Å². The number of benzene rings is 1. The fourth-order valence-corrected chi connectivity index (χ4v) is 3.43. The van der Waals surface area contributed by atoms with E-state index in [-0.39, 0.29) is 5.78 Å². The lowest BCUT2D eigenvalue weighted by atomic mass is 10.0. The quantitative estimate of drug-likeness (QED) is 0.456. The highest BCUT2D eigenvalue weighted by Crippen LogP contribution is 2.25. The summed E-state index contributed by atoms with van der Waals surface area (Å²) in [5, 5.41) is 9.13. The van der Waals surface area contributed by atoms with E-state index in [9.17, 15) is 4.79 Å². The Bertz CT molecular complexity index is 836. The normalized spacial score (nSPS) is 11.2. The molecule has 0 atom stereocenters. The first-order valence-corrected chi connectivity index (χ1v) is 9.31. The Morgan fingerprint density at radius 1 is 1.20 bits per heavy atom. The van der Waals surface area contributed by atoms with Crippen LogP contribution < -0.4 is 0 Å². The molecule has 2 heterocycles. The lowest BCUT2D eigenvalue weighted by Crippen LogP contribution is -2.05. The standard InChI is InChI=1S/C19H21N3O2S/c1-4-22-18(17-6-5-11-24-17)20-21-19(22)25-12-16(23)15-9-7-14(8-10-15)13(2)3/h5-11,13H,4,12H2,1-3H3. The fourth-order valence-electron chi connectivity index (χ4n) is 2.54. The molecule has 0 spiro atoms. The van der Waals surface area contributed by atoms with E-state index in [4.69, 9.17) is 4.42 Å². The maximum atomic E-state index is 12.4. The van der Waals surface area contributed by atoms with E-state index < -0.39 is 0 Å². The van der Waals surface area contributed by atoms with Gasteiger partial charge in [-0.05, 0) is 30.5 Å². The van der Waals surface area contributed by atoms with E-state index in [2.05, 4.69) is 24.0 Å². The summed E-state index contributed by atoms with van der Waals surface area (Å²) in [5.74, 6) is 2.24. The van der Waals surface area contributed by atoms with Gasteiger partial charge in [0.1, 0.15) is 0 Å². The van der Waals surface area contributed by atoms with Crippen LogP contribution in [-0.4, -0.2) is 26.3 Å². The van der Waals surface area contributed by atoms with Gasteiger partial charge in [0.15, 0.2) is 22.5 Å². The van der Waals surface area contributed by atoms with Crippen molar-refractivity contribution in [2.75, 3.05) is 5.75 Å². The molecule has 25 heavy (non-hydrogen) atoms. The Hall–Kier alpha value is -2.34. The van der Waals surface area contributed by atoms with E-state index in [0.717, 1.165) is 10.7 Å². The molecule has 130 valence electrons. The minimum atomic E-state index is 0.0884. The largest absolute Gasteiger partial charge is 0.461 e. The SMILES string of the molecule is CCn1c(SCC(=O)c2ccc(C(C)C)cc2)nnc1-c1ccco1. The monoisotopic (exact) mass is 355 g/mol. The van der Waals surface area contributed by atoms with Crippen molar-refractivity contribution >= 4 is 17.5 Å². The smallest absolute Gasteiger partial charge is 0.200 e. The number of thioether (sulfide) groups is 1. The van der Waals surface area contributed by atoms with E-state index in [1.54, 1.807) is 6.26 Å². The van der Waals surface area contributed by atoms with Crippen LogP contribution in [0.2, 0.25) is 0 Å². The van der Waals surface area contributed by atoms with Gasteiger partial charge in [-0.2, -0.15) is 0 Å². The molecule has 2 aromatic heterocycles. The molecule has 3 rings (SSSR count). The van der Waals surface area contributed by atoms with Crippen LogP contribution in [0, 0.1) is 0 Å². The molecule has 0 aliphatic carbocycles. The second kappa shape index (κ2) is 7.70. The number of carbonyl (C=O) groups excluding carboxylic acids is 1. The van der Waals surface area contributed by atoms with Gasteiger partial charge in [-0.3, -0.25) is 9.36 Å². The molecule has 0 radical (unpaired) electrons. The molecule has 0 amide bonds. The summed E-state index contributed by atoms with van der Waals surface area (Å²) in [4.78, 5) is 12.4. The third kappa shape index (κ3) is 3.85. The molecule has 0 bridgehead atoms. The van der Waals surface area contributed by atoms with E-state index >= 15 is 0 Å². The van der Waals surface area contributed by atoms with E-state index in [0.29, 0.717) is 29.8 Å². The average molecular weight is 355 g/mol. The van der Waals surface area contributed by atoms with Crippen LogP contribution in [0.25, 0.3) is 11.6 Å². The molecule has 0 saturated heterocycles. The number of rotatable bonds is 7. The number of carbonyl (C=O) groups is 1. The number of hydrogen-bond acceptors (Lipinski definition) is 5. The molecule has 0 aliphatic rings. The molecular weight excluding hydrogens is 334 g/mol. The number of furan rings is 1.